The Kier molecular flexibility index (Phi) is 2.04. The van der Waals surface area contributed by atoms with Crippen molar-refractivity contribution >= 4 is 5.82 Å². The zero-order valence-electron chi connectivity index (χ0n) is 8.33. The molecule has 0 aromatic carbocycles. The van der Waals surface area contributed by atoms with Crippen LogP contribution in [0, 0.1) is 0 Å². The monoisotopic (exact) mass is 179 g/mol. The maximum Gasteiger partial charge on any atom is 0.108 e. The van der Waals surface area contributed by atoms with Gasteiger partial charge in [-0.1, -0.05) is 6.92 Å². The normalized spacial score (nSPS) is 17.6. The van der Waals surface area contributed by atoms with Gasteiger partial charge < -0.3 is 15.2 Å². The third kappa shape index (κ3) is 1.23. The fourth-order valence-electron chi connectivity index (χ4n) is 1.96. The Morgan fingerprint density at radius 3 is 2.92 bits per heavy atom. The van der Waals surface area contributed by atoms with E-state index in [0.717, 1.165) is 19.6 Å². The van der Waals surface area contributed by atoms with E-state index in [0.29, 0.717) is 5.92 Å². The topological polar surface area (TPSA) is 34.2 Å². The van der Waals surface area contributed by atoms with E-state index in [4.69, 9.17) is 5.73 Å². The summed E-state index contributed by atoms with van der Waals surface area (Å²) in [5, 5.41) is 0. The molecule has 3 nitrogen and oxygen atoms in total. The van der Waals surface area contributed by atoms with Crippen molar-refractivity contribution in [1.29, 1.82) is 0 Å². The van der Waals surface area contributed by atoms with E-state index in [-0.39, 0.29) is 0 Å². The molecule has 1 aliphatic heterocycles. The van der Waals surface area contributed by atoms with Crippen LogP contribution in [0.25, 0.3) is 0 Å². The molecule has 1 aliphatic rings. The summed E-state index contributed by atoms with van der Waals surface area (Å²) in [6.07, 6.45) is 0. The molecule has 1 aromatic heterocycles. The van der Waals surface area contributed by atoms with Crippen molar-refractivity contribution in [2.45, 2.75) is 19.4 Å². The van der Waals surface area contributed by atoms with E-state index in [1.807, 2.05) is 0 Å². The predicted octanol–water partition coefficient (Wildman–Crippen LogP) is 1.00. The number of rotatable bonds is 2. The van der Waals surface area contributed by atoms with Crippen molar-refractivity contribution in [3.63, 3.8) is 0 Å². The molecule has 2 N–H and O–H groups in total. The summed E-state index contributed by atoms with van der Waals surface area (Å²) in [6.45, 7) is 5.15. The molecule has 0 aliphatic carbocycles. The van der Waals surface area contributed by atoms with Crippen LogP contribution >= 0.6 is 0 Å². The van der Waals surface area contributed by atoms with E-state index in [1.54, 1.807) is 0 Å². The summed E-state index contributed by atoms with van der Waals surface area (Å²) >= 11 is 0. The smallest absolute Gasteiger partial charge is 0.108 e. The Morgan fingerprint density at radius 1 is 1.46 bits per heavy atom. The molecule has 1 unspecified atom stereocenters. The van der Waals surface area contributed by atoms with Crippen LogP contribution in [-0.4, -0.2) is 24.7 Å². The van der Waals surface area contributed by atoms with Gasteiger partial charge in [-0.2, -0.15) is 0 Å². The zero-order chi connectivity index (χ0) is 9.42. The van der Waals surface area contributed by atoms with E-state index in [2.05, 4.69) is 35.6 Å². The van der Waals surface area contributed by atoms with Crippen LogP contribution in [0.2, 0.25) is 0 Å². The molecule has 0 radical (unpaired) electrons. The van der Waals surface area contributed by atoms with Gasteiger partial charge in [0.2, 0.25) is 0 Å². The Hall–Kier alpha value is -0.960. The highest BCUT2D eigenvalue weighted by molar-refractivity contribution is 5.46. The van der Waals surface area contributed by atoms with Crippen LogP contribution < -0.4 is 10.6 Å². The van der Waals surface area contributed by atoms with Crippen LogP contribution in [0.1, 0.15) is 18.5 Å². The lowest BCUT2D eigenvalue weighted by Crippen LogP contribution is -2.13. The van der Waals surface area contributed by atoms with Crippen LogP contribution in [0.5, 0.6) is 0 Å². The number of aromatic nitrogens is 1. The first-order valence-electron chi connectivity index (χ1n) is 4.84. The van der Waals surface area contributed by atoms with E-state index in [1.165, 1.54) is 11.5 Å². The zero-order valence-corrected chi connectivity index (χ0v) is 8.33. The van der Waals surface area contributed by atoms with Gasteiger partial charge in [0, 0.05) is 38.3 Å². The van der Waals surface area contributed by atoms with Crippen molar-refractivity contribution in [3.8, 4) is 0 Å². The first kappa shape index (κ1) is 8.63. The molecule has 2 rings (SSSR count). The summed E-state index contributed by atoms with van der Waals surface area (Å²) in [7, 11) is 2.13. The highest BCUT2D eigenvalue weighted by Crippen LogP contribution is 2.27. The fraction of sp³-hybridized carbons (Fsp3) is 0.600. The Morgan fingerprint density at radius 2 is 2.23 bits per heavy atom. The number of anilines is 1. The molecule has 0 fully saturated rings. The minimum atomic E-state index is 0.472. The molecular formula is C10H17N3. The fourth-order valence-corrected chi connectivity index (χ4v) is 1.96. The highest BCUT2D eigenvalue weighted by Gasteiger charge is 2.20. The first-order valence-corrected chi connectivity index (χ1v) is 4.84. The maximum absolute atomic E-state index is 5.67. The summed E-state index contributed by atoms with van der Waals surface area (Å²) in [4.78, 5) is 2.28. The Balaban J connectivity index is 2.35. The van der Waals surface area contributed by atoms with Crippen molar-refractivity contribution in [1.82, 2.24) is 4.57 Å². The lowest BCUT2D eigenvalue weighted by molar-refractivity contribution is 0.665. The molecule has 0 amide bonds. The largest absolute Gasteiger partial charge is 0.359 e. The van der Waals surface area contributed by atoms with E-state index >= 15 is 0 Å². The molecule has 13 heavy (non-hydrogen) atoms. The second-order valence-electron chi connectivity index (χ2n) is 3.83. The number of likely N-dealkylation sites (N-methyl/N-ethyl adjacent to an activating group) is 1. The lowest BCUT2D eigenvalue weighted by Gasteiger charge is -2.11. The van der Waals surface area contributed by atoms with Gasteiger partial charge in [-0.25, -0.2) is 0 Å². The molecule has 3 heteroatoms. The van der Waals surface area contributed by atoms with E-state index < -0.39 is 0 Å². The molecule has 0 saturated heterocycles. The highest BCUT2D eigenvalue weighted by atomic mass is 15.3. The first-order chi connectivity index (χ1) is 6.24. The summed E-state index contributed by atoms with van der Waals surface area (Å²) in [6, 6.07) is 4.39. The average molecular weight is 179 g/mol. The number of nitrogens with zero attached hydrogens (tertiary/aromatic N) is 2. The third-order valence-electron chi connectivity index (χ3n) is 2.90. The number of fused-ring (bicyclic) bond motifs is 1. The Bertz CT molecular complexity index is 303. The van der Waals surface area contributed by atoms with Gasteiger partial charge >= 0.3 is 0 Å². The molecule has 2 heterocycles. The molecule has 1 atom stereocenters. The molecule has 0 spiro atoms. The standard InChI is InChI=1S/C10H17N3/c1-8(7-11)9-3-4-10-12(2)5-6-13(9)10/h3-4,8H,5-7,11H2,1-2H3. The SMILES string of the molecule is CC(CN)c1ccc2n1CCN2C. The van der Waals surface area contributed by atoms with Gasteiger partial charge in [0.1, 0.15) is 5.82 Å². The second kappa shape index (κ2) is 3.07. The van der Waals surface area contributed by atoms with Crippen molar-refractivity contribution in [2.24, 2.45) is 5.73 Å². The average Bonchev–Trinajstić information content (AvgIpc) is 2.68. The van der Waals surface area contributed by atoms with Crippen LogP contribution in [0.15, 0.2) is 12.1 Å². The molecule has 72 valence electrons. The van der Waals surface area contributed by atoms with Crippen LogP contribution in [0.4, 0.5) is 5.82 Å². The maximum atomic E-state index is 5.67. The number of hydrogen-bond donors (Lipinski definition) is 1. The third-order valence-corrected chi connectivity index (χ3v) is 2.90. The summed E-state index contributed by atoms with van der Waals surface area (Å²) in [5.74, 6) is 1.80. The van der Waals surface area contributed by atoms with Crippen LogP contribution in [0.3, 0.4) is 0 Å². The van der Waals surface area contributed by atoms with Gasteiger partial charge in [-0.15, -0.1) is 0 Å². The number of nitrogens with two attached hydrogens (primary N) is 1. The Labute approximate surface area is 79.1 Å². The van der Waals surface area contributed by atoms with Crippen molar-refractivity contribution in [3.05, 3.63) is 17.8 Å². The quantitative estimate of drug-likeness (QED) is 0.735. The number of hydrogen-bond acceptors (Lipinski definition) is 2. The van der Waals surface area contributed by atoms with Gasteiger partial charge in [0.05, 0.1) is 0 Å². The molecular weight excluding hydrogens is 162 g/mol. The molecule has 0 bridgehead atoms. The van der Waals surface area contributed by atoms with Gasteiger partial charge in [-0.3, -0.25) is 0 Å². The van der Waals surface area contributed by atoms with Gasteiger partial charge in [-0.05, 0) is 12.1 Å². The summed E-state index contributed by atoms with van der Waals surface area (Å²) < 4.78 is 2.37. The van der Waals surface area contributed by atoms with Gasteiger partial charge in [0.15, 0.2) is 0 Å². The van der Waals surface area contributed by atoms with Crippen LogP contribution in [-0.2, 0) is 6.54 Å². The van der Waals surface area contributed by atoms with Gasteiger partial charge in [0.25, 0.3) is 0 Å². The molecule has 1 aromatic rings. The van der Waals surface area contributed by atoms with E-state index in [9.17, 15) is 0 Å². The minimum absolute atomic E-state index is 0.472. The minimum Gasteiger partial charge on any atom is -0.359 e. The molecule has 0 saturated carbocycles. The lowest BCUT2D eigenvalue weighted by atomic mass is 10.1. The van der Waals surface area contributed by atoms with Crippen molar-refractivity contribution < 1.29 is 0 Å². The second-order valence-corrected chi connectivity index (χ2v) is 3.83. The predicted molar refractivity (Wildman–Crippen MR) is 55.2 cm³/mol. The van der Waals surface area contributed by atoms with Crippen molar-refractivity contribution in [2.75, 3.05) is 25.0 Å². The summed E-state index contributed by atoms with van der Waals surface area (Å²) in [5.41, 5.74) is 7.04.